The molecular weight excluding hydrogens is 432 g/mol. The molecule has 0 aromatic rings. The number of fused-ring (bicyclic) bond motifs is 2. The zero-order valence-corrected chi connectivity index (χ0v) is 19.3. The molecule has 2 amide bonds. The van der Waals surface area contributed by atoms with Gasteiger partial charge in [-0.15, -0.1) is 0 Å². The summed E-state index contributed by atoms with van der Waals surface area (Å²) in [5, 5.41) is 5.66. The van der Waals surface area contributed by atoms with Crippen LogP contribution >= 0.6 is 0 Å². The zero-order chi connectivity index (χ0) is 24.1. The smallest absolute Gasteiger partial charge is 0.407 e. The van der Waals surface area contributed by atoms with Crippen molar-refractivity contribution in [3.8, 4) is 0 Å². The van der Waals surface area contributed by atoms with E-state index in [0.717, 1.165) is 25.3 Å². The van der Waals surface area contributed by atoms with Crippen LogP contribution in [0, 0.1) is 23.7 Å². The largest absolute Gasteiger partial charge is 0.466 e. The maximum absolute atomic E-state index is 12.0. The summed E-state index contributed by atoms with van der Waals surface area (Å²) in [4.78, 5) is 45.8. The SMILES string of the molecule is C=CC(=O)OCCOC(=O)NC[C@@H]1CC2CCC1C2CNC(=O)OCCCCOC(=O)CC. The Hall–Kier alpha value is -2.78. The molecule has 0 heterocycles. The van der Waals surface area contributed by atoms with Gasteiger partial charge in [-0.2, -0.15) is 0 Å². The fraction of sp³-hybridized carbons (Fsp3) is 0.739. The third-order valence-electron chi connectivity index (χ3n) is 6.28. The lowest BCUT2D eigenvalue weighted by Gasteiger charge is -2.22. The highest BCUT2D eigenvalue weighted by Crippen LogP contribution is 2.52. The number of carbonyl (C=O) groups is 4. The maximum atomic E-state index is 12.0. The van der Waals surface area contributed by atoms with Crippen molar-refractivity contribution in [3.63, 3.8) is 0 Å². The second-order valence-corrected chi connectivity index (χ2v) is 8.35. The highest BCUT2D eigenvalue weighted by atomic mass is 16.6. The van der Waals surface area contributed by atoms with E-state index in [0.29, 0.717) is 62.6 Å². The molecule has 0 radical (unpaired) electrons. The Bertz CT molecular complexity index is 683. The number of alkyl carbamates (subject to hydrolysis) is 2. The molecule has 186 valence electrons. The van der Waals surface area contributed by atoms with E-state index in [-0.39, 0.29) is 25.8 Å². The monoisotopic (exact) mass is 468 g/mol. The Morgan fingerprint density at radius 2 is 1.52 bits per heavy atom. The van der Waals surface area contributed by atoms with Gasteiger partial charge in [0, 0.05) is 25.6 Å². The summed E-state index contributed by atoms with van der Waals surface area (Å²) in [6.07, 6.45) is 4.98. The third kappa shape index (κ3) is 9.31. The standard InChI is InChI=1S/C23H36N2O8/c1-3-20(26)30-9-5-6-10-32-23(29)25-15-19-16-7-8-18(19)17(13-16)14-24-22(28)33-12-11-31-21(27)4-2/h4,16-19H,2-3,5-15H2,1H3,(H,24,28)(H,25,29)/t16?,17-,18?,19?/m0/s1. The predicted octanol–water partition coefficient (Wildman–Crippen LogP) is 2.56. The highest BCUT2D eigenvalue weighted by molar-refractivity contribution is 5.81. The molecule has 0 aromatic carbocycles. The second kappa shape index (κ2) is 14.4. The van der Waals surface area contributed by atoms with Gasteiger partial charge < -0.3 is 29.6 Å². The average molecular weight is 469 g/mol. The van der Waals surface area contributed by atoms with Gasteiger partial charge in [-0.3, -0.25) is 4.79 Å². The minimum Gasteiger partial charge on any atom is -0.466 e. The first-order valence-corrected chi connectivity index (χ1v) is 11.7. The van der Waals surface area contributed by atoms with Crippen molar-refractivity contribution in [3.05, 3.63) is 12.7 Å². The lowest BCUT2D eigenvalue weighted by molar-refractivity contribution is -0.143. The number of esters is 2. The van der Waals surface area contributed by atoms with Crippen molar-refractivity contribution in [2.45, 2.75) is 45.4 Å². The molecule has 2 aliphatic carbocycles. The van der Waals surface area contributed by atoms with Crippen LogP contribution in [-0.4, -0.2) is 63.6 Å². The van der Waals surface area contributed by atoms with Gasteiger partial charge >= 0.3 is 24.1 Å². The zero-order valence-electron chi connectivity index (χ0n) is 19.3. The van der Waals surface area contributed by atoms with E-state index in [9.17, 15) is 19.2 Å². The van der Waals surface area contributed by atoms with Gasteiger partial charge in [0.25, 0.3) is 0 Å². The molecule has 2 N–H and O–H groups in total. The van der Waals surface area contributed by atoms with Crippen LogP contribution in [0.2, 0.25) is 0 Å². The molecule has 2 fully saturated rings. The Balaban J connectivity index is 1.56. The maximum Gasteiger partial charge on any atom is 0.407 e. The lowest BCUT2D eigenvalue weighted by Crippen LogP contribution is -2.35. The summed E-state index contributed by atoms with van der Waals surface area (Å²) >= 11 is 0. The average Bonchev–Trinajstić information content (AvgIpc) is 3.37. The number of ether oxygens (including phenoxy) is 4. The molecule has 10 heteroatoms. The van der Waals surface area contributed by atoms with Crippen LogP contribution in [0.15, 0.2) is 12.7 Å². The minimum absolute atomic E-state index is 0.0114. The fourth-order valence-corrected chi connectivity index (χ4v) is 4.69. The van der Waals surface area contributed by atoms with Gasteiger partial charge in [-0.05, 0) is 55.8 Å². The van der Waals surface area contributed by atoms with Crippen molar-refractivity contribution >= 4 is 24.1 Å². The number of hydrogen-bond acceptors (Lipinski definition) is 8. The molecule has 4 atom stereocenters. The van der Waals surface area contributed by atoms with Gasteiger partial charge in [0.2, 0.25) is 0 Å². The summed E-state index contributed by atoms with van der Waals surface area (Å²) < 4.78 is 19.9. The van der Waals surface area contributed by atoms with E-state index in [1.54, 1.807) is 6.92 Å². The van der Waals surface area contributed by atoms with Crippen LogP contribution in [0.3, 0.4) is 0 Å². The first-order chi connectivity index (χ1) is 15.9. The van der Waals surface area contributed by atoms with Gasteiger partial charge in [0.1, 0.15) is 13.2 Å². The first kappa shape index (κ1) is 26.5. The Labute approximate surface area is 194 Å². The number of carbonyl (C=O) groups excluding carboxylic acids is 4. The van der Waals surface area contributed by atoms with Crippen molar-refractivity contribution in [2.75, 3.05) is 39.5 Å². The highest BCUT2D eigenvalue weighted by Gasteiger charge is 2.47. The van der Waals surface area contributed by atoms with Crippen LogP contribution in [-0.2, 0) is 28.5 Å². The molecule has 2 bridgehead atoms. The molecule has 10 nitrogen and oxygen atoms in total. The molecule has 0 saturated heterocycles. The number of hydrogen-bond donors (Lipinski definition) is 2. The summed E-state index contributed by atoms with van der Waals surface area (Å²) in [5.74, 6) is 0.925. The van der Waals surface area contributed by atoms with Crippen LogP contribution in [0.1, 0.15) is 45.4 Å². The lowest BCUT2D eigenvalue weighted by atomic mass is 9.88. The molecule has 0 spiro atoms. The quantitative estimate of drug-likeness (QED) is 0.172. The van der Waals surface area contributed by atoms with Crippen molar-refractivity contribution in [1.82, 2.24) is 10.6 Å². The van der Waals surface area contributed by atoms with E-state index in [2.05, 4.69) is 17.2 Å². The van der Waals surface area contributed by atoms with Crippen LogP contribution in [0.5, 0.6) is 0 Å². The Kier molecular flexibility index (Phi) is 11.5. The number of amides is 2. The number of unbranched alkanes of at least 4 members (excludes halogenated alkanes) is 1. The van der Waals surface area contributed by atoms with Gasteiger partial charge in [0.05, 0.1) is 13.2 Å². The summed E-state index contributed by atoms with van der Waals surface area (Å²) in [6, 6.07) is 0. The topological polar surface area (TPSA) is 129 Å². The van der Waals surface area contributed by atoms with Crippen LogP contribution in [0.25, 0.3) is 0 Å². The van der Waals surface area contributed by atoms with Gasteiger partial charge in [-0.25, -0.2) is 14.4 Å². The van der Waals surface area contributed by atoms with Gasteiger partial charge in [-0.1, -0.05) is 13.5 Å². The molecule has 2 rings (SSSR count). The molecule has 2 aliphatic rings. The molecule has 2 saturated carbocycles. The summed E-state index contributed by atoms with van der Waals surface area (Å²) in [5.41, 5.74) is 0. The van der Waals surface area contributed by atoms with Crippen molar-refractivity contribution < 1.29 is 38.1 Å². The number of rotatable bonds is 14. The second-order valence-electron chi connectivity index (χ2n) is 8.35. The van der Waals surface area contributed by atoms with Gasteiger partial charge in [0.15, 0.2) is 0 Å². The molecule has 0 aromatic heterocycles. The molecule has 33 heavy (non-hydrogen) atoms. The van der Waals surface area contributed by atoms with Crippen LogP contribution in [0.4, 0.5) is 9.59 Å². The van der Waals surface area contributed by atoms with E-state index in [1.807, 2.05) is 0 Å². The first-order valence-electron chi connectivity index (χ1n) is 11.7. The summed E-state index contributed by atoms with van der Waals surface area (Å²) in [7, 11) is 0. The Morgan fingerprint density at radius 1 is 0.879 bits per heavy atom. The third-order valence-corrected chi connectivity index (χ3v) is 6.28. The van der Waals surface area contributed by atoms with Crippen LogP contribution < -0.4 is 10.6 Å². The van der Waals surface area contributed by atoms with E-state index >= 15 is 0 Å². The van der Waals surface area contributed by atoms with E-state index < -0.39 is 18.2 Å². The van der Waals surface area contributed by atoms with Crippen molar-refractivity contribution in [1.29, 1.82) is 0 Å². The normalized spacial score (nSPS) is 22.8. The molecule has 0 aliphatic heterocycles. The minimum atomic E-state index is -0.556. The molecule has 3 unspecified atom stereocenters. The van der Waals surface area contributed by atoms with E-state index in [4.69, 9.17) is 18.9 Å². The number of nitrogens with one attached hydrogen (secondary N) is 2. The van der Waals surface area contributed by atoms with E-state index in [1.165, 1.54) is 0 Å². The van der Waals surface area contributed by atoms with Crippen molar-refractivity contribution in [2.24, 2.45) is 23.7 Å². The predicted molar refractivity (Wildman–Crippen MR) is 118 cm³/mol. The Morgan fingerprint density at radius 3 is 2.21 bits per heavy atom. The molecular formula is C23H36N2O8. The fourth-order valence-electron chi connectivity index (χ4n) is 4.69. The summed E-state index contributed by atoms with van der Waals surface area (Å²) in [6.45, 7) is 6.73.